The quantitative estimate of drug-likeness (QED) is 0.835. The second kappa shape index (κ2) is 4.50. The van der Waals surface area contributed by atoms with Gasteiger partial charge >= 0.3 is 0 Å². The Hall–Kier alpha value is -1.06. The molecule has 0 aromatic heterocycles. The Morgan fingerprint density at radius 3 is 2.26 bits per heavy atom. The first-order valence-corrected chi connectivity index (χ1v) is 7.34. The van der Waals surface area contributed by atoms with Crippen molar-refractivity contribution in [2.75, 3.05) is 0 Å². The van der Waals surface area contributed by atoms with Crippen molar-refractivity contribution in [1.82, 2.24) is 5.06 Å². The highest BCUT2D eigenvalue weighted by atomic mass is 16.5. The van der Waals surface area contributed by atoms with Gasteiger partial charge in [0.15, 0.2) is 0 Å². The fourth-order valence-corrected chi connectivity index (χ4v) is 3.95. The Morgan fingerprint density at radius 1 is 1.00 bits per heavy atom. The van der Waals surface area contributed by atoms with E-state index in [0.717, 1.165) is 31.2 Å². The molecule has 1 radical (unpaired) electrons. The summed E-state index contributed by atoms with van der Waals surface area (Å²) >= 11 is 0. The molecule has 3 rings (SSSR count). The molecule has 1 atom stereocenters. The summed E-state index contributed by atoms with van der Waals surface area (Å²) in [5, 5.41) is 23.7. The van der Waals surface area contributed by atoms with E-state index in [0.29, 0.717) is 0 Å². The summed E-state index contributed by atoms with van der Waals surface area (Å²) in [4.78, 5) is 0. The van der Waals surface area contributed by atoms with Crippen LogP contribution in [0.1, 0.15) is 57.4 Å². The molecule has 1 spiro atoms. The summed E-state index contributed by atoms with van der Waals surface area (Å²) in [6.07, 6.45) is 7.66. The highest BCUT2D eigenvalue weighted by Gasteiger charge is 2.54. The first kappa shape index (κ1) is 12.9. The van der Waals surface area contributed by atoms with Crippen molar-refractivity contribution in [3.8, 4) is 5.75 Å². The molecule has 0 amide bonds. The first-order valence-electron chi connectivity index (χ1n) is 7.34. The van der Waals surface area contributed by atoms with Crippen molar-refractivity contribution in [2.45, 2.75) is 62.9 Å². The van der Waals surface area contributed by atoms with Gasteiger partial charge in [0.25, 0.3) is 0 Å². The van der Waals surface area contributed by atoms with Crippen LogP contribution in [0.2, 0.25) is 0 Å². The van der Waals surface area contributed by atoms with Crippen LogP contribution in [0.25, 0.3) is 0 Å². The van der Waals surface area contributed by atoms with E-state index in [2.05, 4.69) is 6.92 Å². The van der Waals surface area contributed by atoms with Crippen molar-refractivity contribution >= 4 is 0 Å². The summed E-state index contributed by atoms with van der Waals surface area (Å²) in [6.45, 7) is 2.05. The Bertz CT molecular complexity index is 450. The van der Waals surface area contributed by atoms with E-state index in [1.165, 1.54) is 24.3 Å². The minimum absolute atomic E-state index is 0.120. The van der Waals surface area contributed by atoms with Crippen molar-refractivity contribution < 1.29 is 10.3 Å². The lowest BCUT2D eigenvalue weighted by molar-refractivity contribution is -0.267. The molecule has 103 valence electrons. The number of nitrogens with zero attached hydrogens (tertiary/aromatic N) is 1. The van der Waals surface area contributed by atoms with Crippen LogP contribution >= 0.6 is 0 Å². The number of hydrogen-bond donors (Lipinski definition) is 1. The summed E-state index contributed by atoms with van der Waals surface area (Å²) in [7, 11) is 0. The van der Waals surface area contributed by atoms with Crippen molar-refractivity contribution in [2.24, 2.45) is 0 Å². The predicted molar refractivity (Wildman–Crippen MR) is 73.0 cm³/mol. The van der Waals surface area contributed by atoms with Gasteiger partial charge in [-0.2, -0.15) is 0 Å². The lowest BCUT2D eigenvalue weighted by atomic mass is 9.80. The molecule has 1 aromatic rings. The van der Waals surface area contributed by atoms with Crippen LogP contribution in [-0.4, -0.2) is 15.7 Å². The van der Waals surface area contributed by atoms with E-state index < -0.39 is 5.54 Å². The molecule has 1 saturated heterocycles. The Kier molecular flexibility index (Phi) is 3.06. The zero-order valence-corrected chi connectivity index (χ0v) is 11.6. The molecule has 3 nitrogen and oxygen atoms in total. The van der Waals surface area contributed by atoms with Gasteiger partial charge in [0.1, 0.15) is 5.75 Å². The van der Waals surface area contributed by atoms with Gasteiger partial charge in [0, 0.05) is 0 Å². The third kappa shape index (κ3) is 1.96. The predicted octanol–water partition coefficient (Wildman–Crippen LogP) is 3.75. The lowest BCUT2D eigenvalue weighted by Crippen LogP contribution is -2.49. The van der Waals surface area contributed by atoms with Gasteiger partial charge in [-0.05, 0) is 50.3 Å². The topological polar surface area (TPSA) is 43.4 Å². The van der Waals surface area contributed by atoms with E-state index in [1.807, 2.05) is 12.1 Å². The number of rotatable bonds is 1. The highest BCUT2D eigenvalue weighted by Crippen LogP contribution is 2.51. The minimum Gasteiger partial charge on any atom is -0.508 e. The maximum absolute atomic E-state index is 12.9. The van der Waals surface area contributed by atoms with Gasteiger partial charge in [-0.25, -0.2) is 0 Å². The first-order chi connectivity index (χ1) is 9.07. The standard InChI is InChI=1S/C16H22NO2/c1-15(13-5-7-14(18)8-6-13)11-12-16(17(15)19)9-3-2-4-10-16/h5-8,18H,2-4,9-12H2,1H3/t15-/m0/s1. The molecule has 1 aliphatic heterocycles. The SMILES string of the molecule is C[C@@]1(c2ccc(O)cc2)CCC2(CCCCC2)N1[O]. The van der Waals surface area contributed by atoms with Gasteiger partial charge in [-0.15, -0.1) is 10.3 Å². The number of hydroxylamine groups is 2. The van der Waals surface area contributed by atoms with E-state index in [9.17, 15) is 10.3 Å². The fourth-order valence-electron chi connectivity index (χ4n) is 3.95. The molecule has 2 aliphatic rings. The van der Waals surface area contributed by atoms with Gasteiger partial charge < -0.3 is 5.11 Å². The molecular weight excluding hydrogens is 238 g/mol. The lowest BCUT2D eigenvalue weighted by Gasteiger charge is -2.41. The smallest absolute Gasteiger partial charge is 0.115 e. The molecule has 1 heterocycles. The number of hydrogen-bond acceptors (Lipinski definition) is 2. The van der Waals surface area contributed by atoms with Gasteiger partial charge in [-0.3, -0.25) is 0 Å². The maximum Gasteiger partial charge on any atom is 0.115 e. The Balaban J connectivity index is 1.91. The van der Waals surface area contributed by atoms with Gasteiger partial charge in [0.05, 0.1) is 11.1 Å². The van der Waals surface area contributed by atoms with E-state index >= 15 is 0 Å². The maximum atomic E-state index is 12.9. The van der Waals surface area contributed by atoms with Crippen LogP contribution in [0.15, 0.2) is 24.3 Å². The molecular formula is C16H22NO2. The molecule has 19 heavy (non-hydrogen) atoms. The second-order valence-electron chi connectivity index (χ2n) is 6.40. The number of phenolic OH excluding ortho intramolecular Hbond substituents is 1. The molecule has 1 aliphatic carbocycles. The third-order valence-electron chi connectivity index (χ3n) is 5.23. The third-order valence-corrected chi connectivity index (χ3v) is 5.23. The van der Waals surface area contributed by atoms with Crippen molar-refractivity contribution in [3.05, 3.63) is 29.8 Å². The zero-order chi connectivity index (χ0) is 13.5. The van der Waals surface area contributed by atoms with Crippen LogP contribution in [0.5, 0.6) is 5.75 Å². The largest absolute Gasteiger partial charge is 0.508 e. The van der Waals surface area contributed by atoms with Crippen LogP contribution in [-0.2, 0) is 10.7 Å². The summed E-state index contributed by atoms with van der Waals surface area (Å²) in [6, 6.07) is 7.14. The Morgan fingerprint density at radius 2 is 1.63 bits per heavy atom. The zero-order valence-electron chi connectivity index (χ0n) is 11.6. The van der Waals surface area contributed by atoms with Crippen molar-refractivity contribution in [1.29, 1.82) is 0 Å². The summed E-state index contributed by atoms with van der Waals surface area (Å²) in [5.74, 6) is 0.259. The van der Waals surface area contributed by atoms with Crippen LogP contribution in [0.3, 0.4) is 0 Å². The number of phenols is 1. The average molecular weight is 260 g/mol. The number of aromatic hydroxyl groups is 1. The van der Waals surface area contributed by atoms with E-state index in [4.69, 9.17) is 0 Å². The summed E-state index contributed by atoms with van der Waals surface area (Å²) < 4.78 is 0. The molecule has 0 bridgehead atoms. The molecule has 3 heteroatoms. The average Bonchev–Trinajstić information content (AvgIpc) is 2.68. The molecule has 1 N–H and O–H groups in total. The number of benzene rings is 1. The monoisotopic (exact) mass is 260 g/mol. The van der Waals surface area contributed by atoms with E-state index in [1.54, 1.807) is 12.1 Å². The molecule has 1 saturated carbocycles. The van der Waals surface area contributed by atoms with Crippen LogP contribution in [0, 0.1) is 0 Å². The molecule has 2 fully saturated rings. The second-order valence-corrected chi connectivity index (χ2v) is 6.40. The summed E-state index contributed by atoms with van der Waals surface area (Å²) in [5.41, 5.74) is 0.485. The minimum atomic E-state index is -0.426. The normalized spacial score (nSPS) is 30.8. The Labute approximate surface area is 114 Å². The van der Waals surface area contributed by atoms with Crippen molar-refractivity contribution in [3.63, 3.8) is 0 Å². The van der Waals surface area contributed by atoms with Crippen LogP contribution < -0.4 is 0 Å². The molecule has 1 aromatic carbocycles. The van der Waals surface area contributed by atoms with Crippen LogP contribution in [0.4, 0.5) is 0 Å². The van der Waals surface area contributed by atoms with E-state index in [-0.39, 0.29) is 11.3 Å². The van der Waals surface area contributed by atoms with Gasteiger partial charge in [0.2, 0.25) is 0 Å². The fraction of sp³-hybridized carbons (Fsp3) is 0.625. The highest BCUT2D eigenvalue weighted by molar-refractivity contribution is 5.32. The molecule has 0 unspecified atom stereocenters. The van der Waals surface area contributed by atoms with Gasteiger partial charge in [-0.1, -0.05) is 31.4 Å².